The molecule has 0 amide bonds. The third-order valence-corrected chi connectivity index (χ3v) is 1.83. The summed E-state index contributed by atoms with van der Waals surface area (Å²) in [4.78, 5) is 11.4. The number of nitrogens with zero attached hydrogens (tertiary/aromatic N) is 2. The summed E-state index contributed by atoms with van der Waals surface area (Å²) in [7, 11) is 1.89. The standard InChI is InChI=1S/C10H17N2O3/c1-4-14-9(2)15-10(13)7-12-6-5-11(3)8-12/h5-6,8-9H,4,7H2,1-3H3/q+1. The number of aryl methyl sites for hydroxylation is 1. The van der Waals surface area contributed by atoms with Crippen molar-refractivity contribution < 1.29 is 18.8 Å². The molecule has 0 aliphatic heterocycles. The number of rotatable bonds is 5. The van der Waals surface area contributed by atoms with Gasteiger partial charge in [0.25, 0.3) is 0 Å². The van der Waals surface area contributed by atoms with Crippen LogP contribution in [-0.4, -0.2) is 23.4 Å². The highest BCUT2D eigenvalue weighted by atomic mass is 16.7. The van der Waals surface area contributed by atoms with Crippen LogP contribution in [0.25, 0.3) is 0 Å². The molecule has 15 heavy (non-hydrogen) atoms. The molecule has 5 heteroatoms. The molecule has 1 aromatic heterocycles. The average Bonchev–Trinajstić information content (AvgIpc) is 2.51. The Morgan fingerprint density at radius 2 is 2.33 bits per heavy atom. The van der Waals surface area contributed by atoms with Gasteiger partial charge >= 0.3 is 5.97 Å². The zero-order valence-corrected chi connectivity index (χ0v) is 9.34. The molecular formula is C10H17N2O3+. The van der Waals surface area contributed by atoms with Gasteiger partial charge in [-0.2, -0.15) is 0 Å². The molecule has 0 spiro atoms. The molecule has 1 rings (SSSR count). The molecule has 1 atom stereocenters. The van der Waals surface area contributed by atoms with E-state index in [0.717, 1.165) is 0 Å². The lowest BCUT2D eigenvalue weighted by Crippen LogP contribution is -2.25. The highest BCUT2D eigenvalue weighted by Crippen LogP contribution is 1.96. The molecule has 1 aromatic rings. The van der Waals surface area contributed by atoms with Gasteiger partial charge in [-0.05, 0) is 13.8 Å². The maximum absolute atomic E-state index is 11.4. The van der Waals surface area contributed by atoms with Gasteiger partial charge in [-0.1, -0.05) is 0 Å². The summed E-state index contributed by atoms with van der Waals surface area (Å²) in [6.07, 6.45) is 5.00. The smallest absolute Gasteiger partial charge is 0.350 e. The quantitative estimate of drug-likeness (QED) is 0.400. The topological polar surface area (TPSA) is 44.3 Å². The van der Waals surface area contributed by atoms with Gasteiger partial charge in [0.1, 0.15) is 12.4 Å². The number of hydrogen-bond acceptors (Lipinski definition) is 3. The van der Waals surface area contributed by atoms with Crippen molar-refractivity contribution in [3.05, 3.63) is 18.7 Å². The average molecular weight is 213 g/mol. The zero-order chi connectivity index (χ0) is 11.3. The Morgan fingerprint density at radius 1 is 1.60 bits per heavy atom. The van der Waals surface area contributed by atoms with Gasteiger partial charge in [0.15, 0.2) is 12.8 Å². The predicted molar refractivity (Wildman–Crippen MR) is 52.8 cm³/mol. The van der Waals surface area contributed by atoms with Crippen LogP contribution < -0.4 is 4.57 Å². The Kier molecular flexibility index (Phi) is 4.30. The van der Waals surface area contributed by atoms with Crippen LogP contribution in [0.15, 0.2) is 18.7 Å². The van der Waals surface area contributed by atoms with Crippen LogP contribution in [0.2, 0.25) is 0 Å². The number of carbonyl (C=O) groups excluding carboxylic acids is 1. The van der Waals surface area contributed by atoms with Gasteiger partial charge < -0.3 is 9.47 Å². The maximum atomic E-state index is 11.4. The summed E-state index contributed by atoms with van der Waals surface area (Å²) < 4.78 is 13.7. The van der Waals surface area contributed by atoms with E-state index in [1.165, 1.54) is 0 Å². The van der Waals surface area contributed by atoms with Crippen LogP contribution in [0, 0.1) is 0 Å². The largest absolute Gasteiger partial charge is 0.433 e. The van der Waals surface area contributed by atoms with Crippen molar-refractivity contribution >= 4 is 5.97 Å². The highest BCUT2D eigenvalue weighted by molar-refractivity contribution is 5.69. The monoisotopic (exact) mass is 213 g/mol. The van der Waals surface area contributed by atoms with E-state index in [1.54, 1.807) is 11.5 Å². The van der Waals surface area contributed by atoms with E-state index < -0.39 is 6.29 Å². The third kappa shape index (κ3) is 4.12. The molecule has 0 saturated heterocycles. The van der Waals surface area contributed by atoms with Crippen LogP contribution in [0.3, 0.4) is 0 Å². The first-order valence-corrected chi connectivity index (χ1v) is 4.94. The Labute approximate surface area is 89.2 Å². The fourth-order valence-corrected chi connectivity index (χ4v) is 1.24. The second-order valence-electron chi connectivity index (χ2n) is 3.26. The van der Waals surface area contributed by atoms with Crippen molar-refractivity contribution in [2.24, 2.45) is 7.05 Å². The van der Waals surface area contributed by atoms with E-state index in [2.05, 4.69) is 0 Å². The zero-order valence-electron chi connectivity index (χ0n) is 9.34. The molecule has 0 aliphatic carbocycles. The van der Waals surface area contributed by atoms with E-state index in [9.17, 15) is 4.79 Å². The minimum atomic E-state index is -0.480. The summed E-state index contributed by atoms with van der Waals surface area (Å²) in [5.74, 6) is -0.299. The molecule has 0 fully saturated rings. The predicted octanol–water partition coefficient (Wildman–Crippen LogP) is 0.238. The summed E-state index contributed by atoms with van der Waals surface area (Å²) in [5.41, 5.74) is 0. The number of imidazole rings is 1. The molecule has 1 heterocycles. The van der Waals surface area contributed by atoms with E-state index in [0.29, 0.717) is 6.61 Å². The van der Waals surface area contributed by atoms with Crippen molar-refractivity contribution in [3.63, 3.8) is 0 Å². The lowest BCUT2D eigenvalue weighted by atomic mass is 10.6. The number of hydrogen-bond donors (Lipinski definition) is 0. The lowest BCUT2D eigenvalue weighted by Gasteiger charge is -2.11. The highest BCUT2D eigenvalue weighted by Gasteiger charge is 2.12. The first-order chi connectivity index (χ1) is 7.11. The van der Waals surface area contributed by atoms with E-state index >= 15 is 0 Å². The van der Waals surface area contributed by atoms with Crippen molar-refractivity contribution in [3.8, 4) is 0 Å². The summed E-state index contributed by atoms with van der Waals surface area (Å²) in [6, 6.07) is 0. The molecular weight excluding hydrogens is 196 g/mol. The number of aromatic nitrogens is 2. The van der Waals surface area contributed by atoms with E-state index in [-0.39, 0.29) is 12.5 Å². The number of ether oxygens (including phenoxy) is 2. The molecule has 0 bridgehead atoms. The van der Waals surface area contributed by atoms with Crippen LogP contribution in [0.5, 0.6) is 0 Å². The Hall–Kier alpha value is -1.36. The van der Waals surface area contributed by atoms with Crippen molar-refractivity contribution in [2.75, 3.05) is 6.61 Å². The van der Waals surface area contributed by atoms with Crippen molar-refractivity contribution in [1.82, 2.24) is 4.57 Å². The molecule has 5 nitrogen and oxygen atoms in total. The fourth-order valence-electron chi connectivity index (χ4n) is 1.24. The van der Waals surface area contributed by atoms with E-state index in [1.807, 2.05) is 37.3 Å². The second kappa shape index (κ2) is 5.50. The van der Waals surface area contributed by atoms with E-state index in [4.69, 9.17) is 9.47 Å². The first kappa shape index (κ1) is 11.7. The van der Waals surface area contributed by atoms with Crippen molar-refractivity contribution in [2.45, 2.75) is 26.7 Å². The number of esters is 1. The minimum Gasteiger partial charge on any atom is -0.433 e. The van der Waals surface area contributed by atoms with Gasteiger partial charge in [-0.3, -0.25) is 0 Å². The Balaban J connectivity index is 2.36. The minimum absolute atomic E-state index is 0.207. The van der Waals surface area contributed by atoms with Crippen LogP contribution in [-0.2, 0) is 27.9 Å². The molecule has 0 N–H and O–H groups in total. The molecule has 1 unspecified atom stereocenters. The van der Waals surface area contributed by atoms with Crippen LogP contribution >= 0.6 is 0 Å². The normalized spacial score (nSPS) is 12.5. The SMILES string of the molecule is CCOC(C)OC(=O)Cn1cc[n+](C)c1. The molecule has 84 valence electrons. The Morgan fingerprint density at radius 3 is 2.87 bits per heavy atom. The second-order valence-corrected chi connectivity index (χ2v) is 3.26. The molecule has 0 radical (unpaired) electrons. The van der Waals surface area contributed by atoms with Crippen LogP contribution in [0.4, 0.5) is 0 Å². The van der Waals surface area contributed by atoms with Gasteiger partial charge in [0.2, 0.25) is 6.33 Å². The molecule has 0 aliphatic rings. The fraction of sp³-hybridized carbons (Fsp3) is 0.600. The molecule has 0 saturated carbocycles. The summed E-state index contributed by atoms with van der Waals surface area (Å²) in [6.45, 7) is 4.30. The van der Waals surface area contributed by atoms with Gasteiger partial charge in [0, 0.05) is 6.61 Å². The summed E-state index contributed by atoms with van der Waals surface area (Å²) in [5, 5.41) is 0. The van der Waals surface area contributed by atoms with Gasteiger partial charge in [-0.25, -0.2) is 13.9 Å². The van der Waals surface area contributed by atoms with Crippen molar-refractivity contribution in [1.29, 1.82) is 0 Å². The lowest BCUT2D eigenvalue weighted by molar-refractivity contribution is -0.671. The van der Waals surface area contributed by atoms with Crippen LogP contribution in [0.1, 0.15) is 13.8 Å². The first-order valence-electron chi connectivity index (χ1n) is 4.94. The van der Waals surface area contributed by atoms with Gasteiger partial charge in [0.05, 0.1) is 7.05 Å². The maximum Gasteiger partial charge on any atom is 0.350 e. The van der Waals surface area contributed by atoms with Gasteiger partial charge in [-0.15, -0.1) is 0 Å². The Bertz CT molecular complexity index is 322. The number of carbonyl (C=O) groups is 1. The third-order valence-electron chi connectivity index (χ3n) is 1.83. The summed E-state index contributed by atoms with van der Waals surface area (Å²) >= 11 is 0. The molecule has 0 aromatic carbocycles.